The molecule has 2 rings (SSSR count). The molecular formula is C12H16O3. The quantitative estimate of drug-likeness (QED) is 0.395. The molecule has 82 valence electrons. The van der Waals surface area contributed by atoms with Crippen molar-refractivity contribution in [2.45, 2.75) is 32.6 Å². The van der Waals surface area contributed by atoms with Crippen LogP contribution in [-0.4, -0.2) is 18.4 Å². The molecule has 0 radical (unpaired) electrons. The van der Waals surface area contributed by atoms with Gasteiger partial charge in [-0.1, -0.05) is 18.6 Å². The molecule has 2 aliphatic rings. The van der Waals surface area contributed by atoms with E-state index in [0.717, 1.165) is 19.3 Å². The van der Waals surface area contributed by atoms with Gasteiger partial charge in [-0.2, -0.15) is 0 Å². The lowest BCUT2D eigenvalue weighted by Gasteiger charge is -2.37. The summed E-state index contributed by atoms with van der Waals surface area (Å²) in [6.45, 7) is 2.11. The number of hydrogen-bond acceptors (Lipinski definition) is 3. The third kappa shape index (κ3) is 1.50. The molecule has 2 unspecified atom stereocenters. The first-order chi connectivity index (χ1) is 7.20. The highest BCUT2D eigenvalue weighted by Crippen LogP contribution is 2.43. The minimum absolute atomic E-state index is 0.0492. The van der Waals surface area contributed by atoms with Gasteiger partial charge in [0.05, 0.1) is 6.61 Å². The number of esters is 1. The average molecular weight is 208 g/mol. The summed E-state index contributed by atoms with van der Waals surface area (Å²) in [5, 5.41) is 0. The van der Waals surface area contributed by atoms with Crippen molar-refractivity contribution in [1.29, 1.82) is 0 Å². The highest BCUT2D eigenvalue weighted by Gasteiger charge is 2.51. The van der Waals surface area contributed by atoms with Crippen LogP contribution < -0.4 is 0 Å². The monoisotopic (exact) mass is 208 g/mol. The summed E-state index contributed by atoms with van der Waals surface area (Å²) in [5.74, 6) is -0.224. The minimum Gasteiger partial charge on any atom is -0.465 e. The number of carbonyl (C=O) groups is 2. The Morgan fingerprint density at radius 2 is 2.47 bits per heavy atom. The van der Waals surface area contributed by atoms with Crippen molar-refractivity contribution in [2.24, 2.45) is 11.3 Å². The summed E-state index contributed by atoms with van der Waals surface area (Å²) in [4.78, 5) is 23.9. The highest BCUT2D eigenvalue weighted by molar-refractivity contribution is 6.08. The van der Waals surface area contributed by atoms with Crippen molar-refractivity contribution >= 4 is 11.8 Å². The Hall–Kier alpha value is -1.12. The zero-order chi connectivity index (χ0) is 10.9. The van der Waals surface area contributed by atoms with Crippen LogP contribution in [0.25, 0.3) is 0 Å². The van der Waals surface area contributed by atoms with Crippen molar-refractivity contribution < 1.29 is 14.3 Å². The second-order valence-corrected chi connectivity index (χ2v) is 4.28. The number of fused-ring (bicyclic) bond motifs is 2. The summed E-state index contributed by atoms with van der Waals surface area (Å²) in [6.07, 6.45) is 7.01. The van der Waals surface area contributed by atoms with E-state index >= 15 is 0 Å². The maximum atomic E-state index is 12.1. The Bertz CT molecular complexity index is 319. The molecule has 0 saturated heterocycles. The topological polar surface area (TPSA) is 43.4 Å². The first kappa shape index (κ1) is 10.4. The molecule has 0 aromatic rings. The van der Waals surface area contributed by atoms with Crippen LogP contribution in [-0.2, 0) is 14.3 Å². The van der Waals surface area contributed by atoms with Crippen molar-refractivity contribution in [1.82, 2.24) is 0 Å². The number of hydrogen-bond donors (Lipinski definition) is 0. The van der Waals surface area contributed by atoms with Crippen molar-refractivity contribution in [3.63, 3.8) is 0 Å². The van der Waals surface area contributed by atoms with Crippen LogP contribution in [0.5, 0.6) is 0 Å². The second-order valence-electron chi connectivity index (χ2n) is 4.28. The van der Waals surface area contributed by atoms with E-state index in [4.69, 9.17) is 4.74 Å². The fourth-order valence-electron chi connectivity index (χ4n) is 2.60. The van der Waals surface area contributed by atoms with Gasteiger partial charge in [-0.15, -0.1) is 0 Å². The molecule has 1 fully saturated rings. The molecule has 0 heterocycles. The summed E-state index contributed by atoms with van der Waals surface area (Å²) < 4.78 is 5.02. The minimum atomic E-state index is -0.933. The summed E-state index contributed by atoms with van der Waals surface area (Å²) in [5.41, 5.74) is -0.933. The van der Waals surface area contributed by atoms with Gasteiger partial charge >= 0.3 is 5.97 Å². The first-order valence-corrected chi connectivity index (χ1v) is 5.60. The van der Waals surface area contributed by atoms with Crippen LogP contribution in [0.3, 0.4) is 0 Å². The number of ketones is 1. The van der Waals surface area contributed by atoms with E-state index in [1.54, 1.807) is 13.0 Å². The molecule has 3 heteroatoms. The van der Waals surface area contributed by atoms with Gasteiger partial charge < -0.3 is 4.74 Å². The summed E-state index contributed by atoms with van der Waals surface area (Å²) >= 11 is 0. The van der Waals surface area contributed by atoms with Crippen LogP contribution in [0.1, 0.15) is 32.6 Å². The zero-order valence-corrected chi connectivity index (χ0v) is 8.99. The normalized spacial score (nSPS) is 33.9. The van der Waals surface area contributed by atoms with E-state index in [2.05, 4.69) is 0 Å². The molecule has 2 bridgehead atoms. The Kier molecular flexibility index (Phi) is 2.63. The third-order valence-electron chi connectivity index (χ3n) is 3.40. The highest BCUT2D eigenvalue weighted by atomic mass is 16.5. The average Bonchev–Trinajstić information content (AvgIpc) is 2.18. The Balaban J connectivity index is 2.31. The van der Waals surface area contributed by atoms with E-state index in [9.17, 15) is 9.59 Å². The van der Waals surface area contributed by atoms with Gasteiger partial charge in [-0.3, -0.25) is 9.59 Å². The van der Waals surface area contributed by atoms with Crippen molar-refractivity contribution in [3.8, 4) is 0 Å². The number of rotatable bonds is 2. The number of allylic oxidation sites excluding steroid dienone is 1. The molecule has 0 N–H and O–H groups in total. The molecule has 0 spiro atoms. The van der Waals surface area contributed by atoms with Gasteiger partial charge in [-0.25, -0.2) is 0 Å². The van der Waals surface area contributed by atoms with Crippen LogP contribution in [0.4, 0.5) is 0 Å². The first-order valence-electron chi connectivity index (χ1n) is 5.60. The Morgan fingerprint density at radius 1 is 1.67 bits per heavy atom. The molecule has 0 aromatic carbocycles. The van der Waals surface area contributed by atoms with E-state index < -0.39 is 5.41 Å². The van der Waals surface area contributed by atoms with Gasteiger partial charge in [0.1, 0.15) is 5.41 Å². The molecule has 0 aromatic heterocycles. The smallest absolute Gasteiger partial charge is 0.323 e. The largest absolute Gasteiger partial charge is 0.465 e. The molecule has 2 atom stereocenters. The SMILES string of the molecule is CCOC(=O)C12C=CCC(CCC1)C2=O. The number of ether oxygens (including phenoxy) is 1. The van der Waals surface area contributed by atoms with Gasteiger partial charge in [0.2, 0.25) is 0 Å². The van der Waals surface area contributed by atoms with Gasteiger partial charge in [0.15, 0.2) is 5.78 Å². The summed E-state index contributed by atoms with van der Waals surface area (Å²) in [7, 11) is 0. The predicted octanol–water partition coefficient (Wildman–Crippen LogP) is 1.86. The third-order valence-corrected chi connectivity index (χ3v) is 3.40. The van der Waals surface area contributed by atoms with Crippen LogP contribution in [0.15, 0.2) is 12.2 Å². The Labute approximate surface area is 89.5 Å². The number of Topliss-reactive ketones (excluding diaryl/α,β-unsaturated/α-hetero) is 1. The lowest BCUT2D eigenvalue weighted by Crippen LogP contribution is -2.47. The standard InChI is InChI=1S/C12H16O3/c1-2-15-11(14)12-7-3-5-9(10(12)13)6-4-8-12/h3,7,9H,2,4-6,8H2,1H3. The van der Waals surface area contributed by atoms with E-state index in [0.29, 0.717) is 13.0 Å². The molecule has 0 aliphatic heterocycles. The van der Waals surface area contributed by atoms with E-state index in [-0.39, 0.29) is 17.7 Å². The lowest BCUT2D eigenvalue weighted by molar-refractivity contribution is -0.160. The zero-order valence-electron chi connectivity index (χ0n) is 8.99. The van der Waals surface area contributed by atoms with E-state index in [1.165, 1.54) is 0 Å². The maximum Gasteiger partial charge on any atom is 0.323 e. The maximum absolute atomic E-state index is 12.1. The fraction of sp³-hybridized carbons (Fsp3) is 0.667. The van der Waals surface area contributed by atoms with Crippen LogP contribution in [0.2, 0.25) is 0 Å². The van der Waals surface area contributed by atoms with Gasteiger partial charge in [0.25, 0.3) is 0 Å². The van der Waals surface area contributed by atoms with Crippen LogP contribution >= 0.6 is 0 Å². The molecule has 3 nitrogen and oxygen atoms in total. The van der Waals surface area contributed by atoms with Crippen LogP contribution in [0, 0.1) is 11.3 Å². The molecule has 15 heavy (non-hydrogen) atoms. The van der Waals surface area contributed by atoms with Crippen molar-refractivity contribution in [3.05, 3.63) is 12.2 Å². The lowest BCUT2D eigenvalue weighted by atomic mass is 9.64. The Morgan fingerprint density at radius 3 is 3.20 bits per heavy atom. The molecule has 0 amide bonds. The predicted molar refractivity (Wildman–Crippen MR) is 55.2 cm³/mol. The molecule has 1 saturated carbocycles. The second kappa shape index (κ2) is 3.80. The van der Waals surface area contributed by atoms with E-state index in [1.807, 2.05) is 6.08 Å². The number of carbonyl (C=O) groups excluding carboxylic acids is 2. The van der Waals surface area contributed by atoms with Gasteiger partial charge in [0, 0.05) is 5.92 Å². The fourth-order valence-corrected chi connectivity index (χ4v) is 2.60. The van der Waals surface area contributed by atoms with Crippen molar-refractivity contribution in [2.75, 3.05) is 6.61 Å². The summed E-state index contributed by atoms with van der Waals surface area (Å²) in [6, 6.07) is 0. The molecule has 2 aliphatic carbocycles. The molecular weight excluding hydrogens is 192 g/mol. The van der Waals surface area contributed by atoms with Gasteiger partial charge in [-0.05, 0) is 26.2 Å².